The molecule has 8 heteroatoms. The Morgan fingerprint density at radius 2 is 2.21 bits per heavy atom. The van der Waals surface area contributed by atoms with Crippen LogP contribution in [-0.2, 0) is 10.0 Å². The van der Waals surface area contributed by atoms with Gasteiger partial charge in [0.25, 0.3) is 0 Å². The number of hydrogen-bond acceptors (Lipinski definition) is 4. The van der Waals surface area contributed by atoms with Crippen LogP contribution in [0.1, 0.15) is 13.3 Å². The number of sulfonamides is 1. The summed E-state index contributed by atoms with van der Waals surface area (Å²) in [4.78, 5) is -0.160. The highest BCUT2D eigenvalue weighted by Crippen LogP contribution is 2.16. The zero-order chi connectivity index (χ0) is 14.5. The molecule has 6 nitrogen and oxygen atoms in total. The van der Waals surface area contributed by atoms with Crippen molar-refractivity contribution >= 4 is 15.9 Å². The molecule has 0 bridgehead atoms. The third kappa shape index (κ3) is 3.90. The van der Waals surface area contributed by atoms with Gasteiger partial charge in [-0.2, -0.15) is 4.31 Å². The van der Waals surface area contributed by atoms with E-state index >= 15 is 0 Å². The van der Waals surface area contributed by atoms with E-state index in [1.54, 1.807) is 6.92 Å². The third-order valence-electron chi connectivity index (χ3n) is 2.37. The maximum absolute atomic E-state index is 13.1. The molecule has 0 saturated heterocycles. The van der Waals surface area contributed by atoms with Crippen molar-refractivity contribution in [3.63, 3.8) is 0 Å². The molecule has 0 aliphatic rings. The maximum Gasteiger partial charge on any atom is 0.243 e. The molecule has 1 aromatic rings. The van der Waals surface area contributed by atoms with E-state index in [0.29, 0.717) is 6.42 Å². The first kappa shape index (κ1) is 15.4. The summed E-state index contributed by atoms with van der Waals surface area (Å²) >= 11 is 0. The standard InChI is InChI=1S/C11H16FN3O3S/c1-2-6-15(8-11(13)14-16)19(17,18)10-5-3-4-9(12)7-10/h3-5,7,16H,2,6,8H2,1H3,(H2,13,14). The van der Waals surface area contributed by atoms with Crippen molar-refractivity contribution in [2.24, 2.45) is 10.9 Å². The van der Waals surface area contributed by atoms with Crippen molar-refractivity contribution in [3.05, 3.63) is 30.1 Å². The maximum atomic E-state index is 13.1. The largest absolute Gasteiger partial charge is 0.409 e. The van der Waals surface area contributed by atoms with E-state index < -0.39 is 15.8 Å². The smallest absolute Gasteiger partial charge is 0.243 e. The van der Waals surface area contributed by atoms with Gasteiger partial charge in [-0.05, 0) is 24.6 Å². The lowest BCUT2D eigenvalue weighted by Crippen LogP contribution is -2.39. The van der Waals surface area contributed by atoms with Gasteiger partial charge in [0.1, 0.15) is 5.82 Å². The second kappa shape index (κ2) is 6.48. The molecule has 1 rings (SSSR count). The molecule has 0 aliphatic heterocycles. The highest BCUT2D eigenvalue weighted by atomic mass is 32.2. The Kier molecular flexibility index (Phi) is 5.25. The Morgan fingerprint density at radius 3 is 2.74 bits per heavy atom. The summed E-state index contributed by atoms with van der Waals surface area (Å²) in [6.07, 6.45) is 0.549. The average Bonchev–Trinajstić information content (AvgIpc) is 2.38. The highest BCUT2D eigenvalue weighted by Gasteiger charge is 2.25. The van der Waals surface area contributed by atoms with Crippen LogP contribution in [0.5, 0.6) is 0 Å². The Labute approximate surface area is 111 Å². The van der Waals surface area contributed by atoms with Gasteiger partial charge < -0.3 is 10.9 Å². The number of oxime groups is 1. The molecular weight excluding hydrogens is 273 g/mol. The summed E-state index contributed by atoms with van der Waals surface area (Å²) in [5.74, 6) is -0.866. The van der Waals surface area contributed by atoms with Crippen LogP contribution in [0.4, 0.5) is 4.39 Å². The lowest BCUT2D eigenvalue weighted by molar-refractivity contribution is 0.314. The van der Waals surface area contributed by atoms with Gasteiger partial charge in [-0.25, -0.2) is 12.8 Å². The van der Waals surface area contributed by atoms with Crippen LogP contribution in [0, 0.1) is 5.82 Å². The van der Waals surface area contributed by atoms with Crippen molar-refractivity contribution in [2.75, 3.05) is 13.1 Å². The van der Waals surface area contributed by atoms with Crippen molar-refractivity contribution in [2.45, 2.75) is 18.2 Å². The van der Waals surface area contributed by atoms with Gasteiger partial charge in [0, 0.05) is 6.54 Å². The third-order valence-corrected chi connectivity index (χ3v) is 4.21. The molecule has 1 aromatic carbocycles. The molecule has 0 aliphatic carbocycles. The molecule has 0 spiro atoms. The fourth-order valence-electron chi connectivity index (χ4n) is 1.52. The summed E-state index contributed by atoms with van der Waals surface area (Å²) in [5.41, 5.74) is 5.33. The molecule has 106 valence electrons. The minimum atomic E-state index is -3.87. The molecule has 0 unspecified atom stereocenters. The summed E-state index contributed by atoms with van der Waals surface area (Å²) < 4.78 is 38.7. The Hall–Kier alpha value is -1.67. The van der Waals surface area contributed by atoms with Crippen LogP contribution in [0.3, 0.4) is 0 Å². The Balaban J connectivity index is 3.12. The summed E-state index contributed by atoms with van der Waals surface area (Å²) in [5, 5.41) is 11.3. The first-order chi connectivity index (χ1) is 8.91. The van der Waals surface area contributed by atoms with Gasteiger partial charge in [0.2, 0.25) is 10.0 Å². The normalized spacial score (nSPS) is 12.9. The molecule has 0 aromatic heterocycles. The number of halogens is 1. The van der Waals surface area contributed by atoms with Crippen LogP contribution in [-0.4, -0.2) is 36.9 Å². The predicted octanol–water partition coefficient (Wildman–Crippen LogP) is 0.973. The van der Waals surface area contributed by atoms with Crippen LogP contribution in [0.15, 0.2) is 34.3 Å². The zero-order valence-electron chi connectivity index (χ0n) is 10.5. The van der Waals surface area contributed by atoms with E-state index in [4.69, 9.17) is 10.9 Å². The van der Waals surface area contributed by atoms with Gasteiger partial charge in [-0.3, -0.25) is 0 Å². The van der Waals surface area contributed by atoms with Crippen LogP contribution < -0.4 is 5.73 Å². The monoisotopic (exact) mass is 289 g/mol. The van der Waals surface area contributed by atoms with Crippen LogP contribution >= 0.6 is 0 Å². The van der Waals surface area contributed by atoms with E-state index in [9.17, 15) is 12.8 Å². The molecule has 0 radical (unpaired) electrons. The minimum Gasteiger partial charge on any atom is -0.409 e. The van der Waals surface area contributed by atoms with Crippen LogP contribution in [0.25, 0.3) is 0 Å². The average molecular weight is 289 g/mol. The van der Waals surface area contributed by atoms with Crippen molar-refractivity contribution in [3.8, 4) is 0 Å². The Bertz CT molecular complexity index is 560. The van der Waals surface area contributed by atoms with Crippen LogP contribution in [0.2, 0.25) is 0 Å². The molecule has 0 atom stereocenters. The number of benzene rings is 1. The molecular formula is C11H16FN3O3S. The van der Waals surface area contributed by atoms with Crippen molar-refractivity contribution in [1.82, 2.24) is 4.31 Å². The first-order valence-electron chi connectivity index (χ1n) is 5.64. The summed E-state index contributed by atoms with van der Waals surface area (Å²) in [6.45, 7) is 1.73. The molecule has 19 heavy (non-hydrogen) atoms. The lowest BCUT2D eigenvalue weighted by atomic mass is 10.4. The Morgan fingerprint density at radius 1 is 1.53 bits per heavy atom. The minimum absolute atomic E-state index is 0.160. The van der Waals surface area contributed by atoms with E-state index in [1.165, 1.54) is 12.1 Å². The number of amidine groups is 1. The molecule has 0 saturated carbocycles. The van der Waals surface area contributed by atoms with Gasteiger partial charge >= 0.3 is 0 Å². The predicted molar refractivity (Wildman–Crippen MR) is 68.9 cm³/mol. The van der Waals surface area contributed by atoms with Gasteiger partial charge in [-0.1, -0.05) is 18.1 Å². The first-order valence-corrected chi connectivity index (χ1v) is 7.08. The molecule has 0 fully saturated rings. The van der Waals surface area contributed by atoms with E-state index in [2.05, 4.69) is 5.16 Å². The fourth-order valence-corrected chi connectivity index (χ4v) is 3.06. The molecule has 0 heterocycles. The number of nitrogens with zero attached hydrogens (tertiary/aromatic N) is 2. The highest BCUT2D eigenvalue weighted by molar-refractivity contribution is 7.89. The number of nitrogens with two attached hydrogens (primary N) is 1. The van der Waals surface area contributed by atoms with Gasteiger partial charge in [-0.15, -0.1) is 0 Å². The van der Waals surface area contributed by atoms with Gasteiger partial charge in [0.05, 0.1) is 11.4 Å². The molecule has 3 N–H and O–H groups in total. The van der Waals surface area contributed by atoms with E-state index in [0.717, 1.165) is 16.4 Å². The number of hydrogen-bond donors (Lipinski definition) is 2. The van der Waals surface area contributed by atoms with Crippen molar-refractivity contribution < 1.29 is 18.0 Å². The lowest BCUT2D eigenvalue weighted by Gasteiger charge is -2.20. The molecule has 0 amide bonds. The number of rotatable bonds is 6. The zero-order valence-corrected chi connectivity index (χ0v) is 11.3. The SMILES string of the molecule is CCCN(CC(N)=NO)S(=O)(=O)c1cccc(F)c1. The summed E-state index contributed by atoms with van der Waals surface area (Å²) in [7, 11) is -3.87. The topological polar surface area (TPSA) is 96.0 Å². The summed E-state index contributed by atoms with van der Waals surface area (Å²) in [6, 6.07) is 4.71. The van der Waals surface area contributed by atoms with Gasteiger partial charge in [0.15, 0.2) is 5.84 Å². The van der Waals surface area contributed by atoms with E-state index in [1.807, 2.05) is 0 Å². The second-order valence-corrected chi connectivity index (χ2v) is 5.83. The van der Waals surface area contributed by atoms with E-state index in [-0.39, 0.29) is 23.8 Å². The fraction of sp³-hybridized carbons (Fsp3) is 0.364. The quantitative estimate of drug-likeness (QED) is 0.353. The van der Waals surface area contributed by atoms with Crippen molar-refractivity contribution in [1.29, 1.82) is 0 Å². The second-order valence-electron chi connectivity index (χ2n) is 3.89.